The van der Waals surface area contributed by atoms with E-state index in [0.717, 1.165) is 23.1 Å². The van der Waals surface area contributed by atoms with Crippen molar-refractivity contribution in [2.24, 2.45) is 0 Å². The maximum Gasteiger partial charge on any atom is 0.264 e. The van der Waals surface area contributed by atoms with E-state index in [2.05, 4.69) is 19.9 Å². The minimum atomic E-state index is -3.91. The van der Waals surface area contributed by atoms with Crippen LogP contribution in [-0.2, 0) is 27.8 Å². The first-order valence-corrected chi connectivity index (χ1v) is 12.7. The number of hydrogen-bond acceptors (Lipinski definition) is 3. The van der Waals surface area contributed by atoms with E-state index in [9.17, 15) is 13.2 Å². The molecular weight excluding hydrogens is 432 g/mol. The zero-order valence-electron chi connectivity index (χ0n) is 19.4. The predicted octanol–water partition coefficient (Wildman–Crippen LogP) is 4.90. The number of carbonyl (C=O) groups excluding carboxylic acids is 1. The summed E-state index contributed by atoms with van der Waals surface area (Å²) in [4.78, 5) is 15.2. The topological polar surface area (TPSA) is 57.7 Å². The summed E-state index contributed by atoms with van der Waals surface area (Å²) in [6, 6.07) is 22.3. The fourth-order valence-corrected chi connectivity index (χ4v) is 5.52. The highest BCUT2D eigenvalue weighted by Gasteiger charge is 2.30. The Morgan fingerprint density at radius 3 is 2.21 bits per heavy atom. The van der Waals surface area contributed by atoms with E-state index < -0.39 is 10.0 Å². The van der Waals surface area contributed by atoms with E-state index in [1.807, 2.05) is 37.3 Å². The normalized spacial score (nSPS) is 13.6. The number of anilines is 1. The van der Waals surface area contributed by atoms with Crippen molar-refractivity contribution in [2.45, 2.75) is 44.6 Å². The molecule has 0 N–H and O–H groups in total. The second-order valence-corrected chi connectivity index (χ2v) is 10.8. The average Bonchev–Trinajstić information content (AvgIpc) is 2.82. The van der Waals surface area contributed by atoms with Gasteiger partial charge in [-0.25, -0.2) is 8.42 Å². The van der Waals surface area contributed by atoms with Crippen molar-refractivity contribution in [1.82, 2.24) is 4.90 Å². The lowest BCUT2D eigenvalue weighted by Gasteiger charge is -2.32. The first-order valence-electron chi connectivity index (χ1n) is 11.3. The van der Waals surface area contributed by atoms with Crippen LogP contribution in [-0.4, -0.2) is 32.3 Å². The van der Waals surface area contributed by atoms with Crippen LogP contribution < -0.4 is 4.31 Å². The van der Waals surface area contributed by atoms with Crippen LogP contribution in [0.5, 0.6) is 0 Å². The number of aryl methyl sites for hydroxylation is 1. The molecule has 0 bridgehead atoms. The molecule has 0 aliphatic carbocycles. The molecule has 1 amide bonds. The molecule has 0 saturated heterocycles. The minimum Gasteiger partial charge on any atom is -0.336 e. The van der Waals surface area contributed by atoms with Crippen molar-refractivity contribution in [3.05, 3.63) is 95.1 Å². The molecule has 1 heterocycles. The molecule has 0 spiro atoms. The number of rotatable bonds is 6. The lowest BCUT2D eigenvalue weighted by molar-refractivity contribution is -0.130. The maximum atomic E-state index is 13.6. The molecule has 0 fully saturated rings. The lowest BCUT2D eigenvalue weighted by atomic mass is 10.00. The van der Waals surface area contributed by atoms with Crippen molar-refractivity contribution in [3.63, 3.8) is 0 Å². The summed E-state index contributed by atoms with van der Waals surface area (Å²) in [6.07, 6.45) is 0.774. The Morgan fingerprint density at radius 2 is 1.58 bits per heavy atom. The molecule has 0 atom stereocenters. The molecule has 1 aliphatic rings. The summed E-state index contributed by atoms with van der Waals surface area (Å²) in [6.45, 7) is 6.94. The standard InChI is InChI=1S/C27H30N2O3S/c1-20(2)22-10-12-25(13-11-22)29(33(31,32)26-14-8-21(3)9-15-26)19-27(30)28-17-16-23-6-4-5-7-24(23)18-28/h4-15,20H,16-19H2,1-3H3. The van der Waals surface area contributed by atoms with E-state index in [1.165, 1.54) is 9.87 Å². The Hall–Kier alpha value is -3.12. The average molecular weight is 463 g/mol. The van der Waals surface area contributed by atoms with Gasteiger partial charge in [-0.15, -0.1) is 0 Å². The lowest BCUT2D eigenvalue weighted by Crippen LogP contribution is -2.44. The number of nitrogens with zero attached hydrogens (tertiary/aromatic N) is 2. The summed E-state index contributed by atoms with van der Waals surface area (Å²) >= 11 is 0. The molecule has 1 aliphatic heterocycles. The molecule has 5 nitrogen and oxygen atoms in total. The van der Waals surface area contributed by atoms with E-state index >= 15 is 0 Å². The monoisotopic (exact) mass is 462 g/mol. The Labute approximate surface area is 196 Å². The van der Waals surface area contributed by atoms with E-state index in [4.69, 9.17) is 0 Å². The van der Waals surface area contributed by atoms with Crippen molar-refractivity contribution < 1.29 is 13.2 Å². The fourth-order valence-electron chi connectivity index (χ4n) is 4.11. The SMILES string of the molecule is Cc1ccc(S(=O)(=O)N(CC(=O)N2CCc3ccccc3C2)c2ccc(C(C)C)cc2)cc1. The van der Waals surface area contributed by atoms with Gasteiger partial charge in [0.1, 0.15) is 6.54 Å². The van der Waals surface area contributed by atoms with Gasteiger partial charge in [-0.05, 0) is 60.2 Å². The highest BCUT2D eigenvalue weighted by atomic mass is 32.2. The molecule has 33 heavy (non-hydrogen) atoms. The third-order valence-electron chi connectivity index (χ3n) is 6.22. The van der Waals surface area contributed by atoms with Gasteiger partial charge in [-0.2, -0.15) is 0 Å². The van der Waals surface area contributed by atoms with Crippen LogP contribution in [0, 0.1) is 6.92 Å². The van der Waals surface area contributed by atoms with Gasteiger partial charge in [-0.3, -0.25) is 9.10 Å². The first kappa shape index (κ1) is 23.1. The second-order valence-electron chi connectivity index (χ2n) is 8.90. The van der Waals surface area contributed by atoms with Gasteiger partial charge >= 0.3 is 0 Å². The van der Waals surface area contributed by atoms with Crippen molar-refractivity contribution >= 4 is 21.6 Å². The van der Waals surface area contributed by atoms with E-state index in [0.29, 0.717) is 24.7 Å². The third kappa shape index (κ3) is 4.96. The largest absolute Gasteiger partial charge is 0.336 e. The minimum absolute atomic E-state index is 0.179. The molecule has 0 unspecified atom stereocenters. The number of benzene rings is 3. The maximum absolute atomic E-state index is 13.6. The molecule has 3 aromatic carbocycles. The van der Waals surface area contributed by atoms with Gasteiger partial charge in [0.15, 0.2) is 0 Å². The van der Waals surface area contributed by atoms with Crippen LogP contribution in [0.15, 0.2) is 77.7 Å². The quantitative estimate of drug-likeness (QED) is 0.524. The zero-order chi connectivity index (χ0) is 23.6. The first-order chi connectivity index (χ1) is 15.8. The Kier molecular flexibility index (Phi) is 6.56. The summed E-state index contributed by atoms with van der Waals surface area (Å²) in [5, 5.41) is 0. The predicted molar refractivity (Wildman–Crippen MR) is 132 cm³/mol. The number of amides is 1. The van der Waals surface area contributed by atoms with Gasteiger partial charge in [0, 0.05) is 13.1 Å². The van der Waals surface area contributed by atoms with Crippen molar-refractivity contribution in [2.75, 3.05) is 17.4 Å². The van der Waals surface area contributed by atoms with Gasteiger partial charge in [0.2, 0.25) is 5.91 Å². The number of carbonyl (C=O) groups is 1. The van der Waals surface area contributed by atoms with Gasteiger partial charge in [0.05, 0.1) is 10.6 Å². The molecular formula is C27H30N2O3S. The number of sulfonamides is 1. The van der Waals surface area contributed by atoms with Crippen LogP contribution in [0.4, 0.5) is 5.69 Å². The Bertz CT molecular complexity index is 1230. The number of fused-ring (bicyclic) bond motifs is 1. The van der Waals surface area contributed by atoms with Crippen molar-refractivity contribution in [3.8, 4) is 0 Å². The second kappa shape index (κ2) is 9.40. The van der Waals surface area contributed by atoms with Gasteiger partial charge < -0.3 is 4.90 Å². The molecule has 0 radical (unpaired) electrons. The summed E-state index contributed by atoms with van der Waals surface area (Å²) in [7, 11) is -3.91. The highest BCUT2D eigenvalue weighted by Crippen LogP contribution is 2.27. The summed E-state index contributed by atoms with van der Waals surface area (Å²) in [5.41, 5.74) is 4.95. The van der Waals surface area contributed by atoms with Crippen LogP contribution in [0.25, 0.3) is 0 Å². The van der Waals surface area contributed by atoms with Gasteiger partial charge in [0.25, 0.3) is 10.0 Å². The smallest absolute Gasteiger partial charge is 0.264 e. The fraction of sp³-hybridized carbons (Fsp3) is 0.296. The molecule has 0 saturated carbocycles. The third-order valence-corrected chi connectivity index (χ3v) is 8.01. The Morgan fingerprint density at radius 1 is 0.939 bits per heavy atom. The molecule has 6 heteroatoms. The summed E-state index contributed by atoms with van der Waals surface area (Å²) < 4.78 is 28.5. The highest BCUT2D eigenvalue weighted by molar-refractivity contribution is 7.92. The van der Waals surface area contributed by atoms with Crippen LogP contribution in [0.1, 0.15) is 42.0 Å². The Balaban J connectivity index is 1.65. The van der Waals surface area contributed by atoms with E-state index in [-0.39, 0.29) is 17.3 Å². The van der Waals surface area contributed by atoms with Crippen LogP contribution >= 0.6 is 0 Å². The molecule has 172 valence electrons. The molecule has 3 aromatic rings. The zero-order valence-corrected chi connectivity index (χ0v) is 20.2. The summed E-state index contributed by atoms with van der Waals surface area (Å²) in [5.74, 6) is 0.129. The van der Waals surface area contributed by atoms with Crippen LogP contribution in [0.3, 0.4) is 0 Å². The molecule has 4 rings (SSSR count). The van der Waals surface area contributed by atoms with Gasteiger partial charge in [-0.1, -0.05) is 67.9 Å². The van der Waals surface area contributed by atoms with Crippen LogP contribution in [0.2, 0.25) is 0 Å². The van der Waals surface area contributed by atoms with Crippen molar-refractivity contribution in [1.29, 1.82) is 0 Å². The van der Waals surface area contributed by atoms with E-state index in [1.54, 1.807) is 41.3 Å². The number of hydrogen-bond donors (Lipinski definition) is 0. The molecule has 0 aromatic heterocycles.